The summed E-state index contributed by atoms with van der Waals surface area (Å²) < 4.78 is 11.6. The van der Waals surface area contributed by atoms with E-state index in [1.165, 1.54) is 52.8 Å². The molecule has 0 saturated heterocycles. The summed E-state index contributed by atoms with van der Waals surface area (Å²) in [4.78, 5) is 10.3. The maximum Gasteiger partial charge on any atom is 0.169 e. The Balaban J connectivity index is 0.949. The van der Waals surface area contributed by atoms with E-state index in [2.05, 4.69) is 149 Å². The van der Waals surface area contributed by atoms with Crippen LogP contribution >= 0.6 is 11.3 Å². The average Bonchev–Trinajstić information content (AvgIpc) is 3.95. The van der Waals surface area contributed by atoms with Crippen molar-refractivity contribution in [2.45, 2.75) is 18.5 Å². The molecule has 1 unspecified atom stereocenters. The average molecular weight is 751 g/mol. The van der Waals surface area contributed by atoms with Crippen LogP contribution in [-0.2, 0) is 0 Å². The Hall–Kier alpha value is -7.02. The third-order valence-electron chi connectivity index (χ3n) is 11.6. The van der Waals surface area contributed by atoms with Crippen molar-refractivity contribution in [1.29, 1.82) is 0 Å². The Kier molecular flexibility index (Phi) is 7.22. The van der Waals surface area contributed by atoms with Crippen LogP contribution in [0.25, 0.3) is 70.8 Å². The number of aromatic nitrogens is 1. The Bertz CT molecular complexity index is 3320. The predicted octanol–water partition coefficient (Wildman–Crippen LogP) is 11.1. The lowest BCUT2D eigenvalue weighted by Crippen LogP contribution is -2.35. The Morgan fingerprint density at radius 2 is 1.18 bits per heavy atom. The van der Waals surface area contributed by atoms with Crippen molar-refractivity contribution in [3.8, 4) is 5.69 Å². The van der Waals surface area contributed by atoms with Gasteiger partial charge >= 0.3 is 0 Å². The molecule has 57 heavy (non-hydrogen) atoms. The second kappa shape index (κ2) is 12.8. The third kappa shape index (κ3) is 5.21. The number of nitrogens with zero attached hydrogens (tertiary/aromatic N) is 3. The topological polar surface area (TPSA) is 54.8 Å². The Morgan fingerprint density at radius 1 is 0.579 bits per heavy atom. The Labute approximate surface area is 331 Å². The molecule has 7 aromatic carbocycles. The van der Waals surface area contributed by atoms with Crippen LogP contribution in [0.5, 0.6) is 0 Å². The van der Waals surface area contributed by atoms with E-state index in [4.69, 9.17) is 14.4 Å². The van der Waals surface area contributed by atoms with Crippen LogP contribution < -0.4 is 16.0 Å². The lowest BCUT2D eigenvalue weighted by molar-refractivity contribution is 0.569. The molecular formula is C51H34N4OS. The number of thiophene rings is 1. The van der Waals surface area contributed by atoms with Gasteiger partial charge in [-0.1, -0.05) is 121 Å². The van der Waals surface area contributed by atoms with Crippen LogP contribution in [0.4, 0.5) is 0 Å². The molecule has 1 aliphatic carbocycles. The van der Waals surface area contributed by atoms with E-state index in [1.807, 2.05) is 47.7 Å². The zero-order valence-electron chi connectivity index (χ0n) is 30.8. The lowest BCUT2D eigenvalue weighted by Gasteiger charge is -2.22. The van der Waals surface area contributed by atoms with Gasteiger partial charge in [0.15, 0.2) is 6.17 Å². The molecule has 0 fully saturated rings. The van der Waals surface area contributed by atoms with Gasteiger partial charge in [-0.05, 0) is 72.2 Å². The highest BCUT2D eigenvalue weighted by atomic mass is 32.1. The normalized spacial score (nSPS) is 15.7. The van der Waals surface area contributed by atoms with E-state index < -0.39 is 0 Å². The molecule has 3 aromatic heterocycles. The predicted molar refractivity (Wildman–Crippen MR) is 237 cm³/mol. The lowest BCUT2D eigenvalue weighted by atomic mass is 9.91. The van der Waals surface area contributed by atoms with Crippen LogP contribution in [0.15, 0.2) is 178 Å². The highest BCUT2D eigenvalue weighted by Crippen LogP contribution is 2.39. The summed E-state index contributed by atoms with van der Waals surface area (Å²) >= 11 is 1.84. The van der Waals surface area contributed by atoms with Crippen molar-refractivity contribution < 1.29 is 4.42 Å². The number of fused-ring (bicyclic) bond motifs is 9. The molecule has 270 valence electrons. The molecule has 4 heterocycles. The minimum Gasteiger partial charge on any atom is -0.456 e. The number of nitrogens with one attached hydrogen (secondary N) is 1. The molecule has 5 nitrogen and oxygen atoms in total. The molecule has 1 atom stereocenters. The van der Waals surface area contributed by atoms with E-state index in [0.717, 1.165) is 56.9 Å². The first-order chi connectivity index (χ1) is 28.2. The van der Waals surface area contributed by atoms with Crippen LogP contribution in [0.1, 0.15) is 40.8 Å². The van der Waals surface area contributed by atoms with Crippen molar-refractivity contribution in [1.82, 2.24) is 9.88 Å². The molecule has 0 radical (unpaired) electrons. The summed E-state index contributed by atoms with van der Waals surface area (Å²) in [5.41, 5.74) is 9.82. The summed E-state index contributed by atoms with van der Waals surface area (Å²) in [5, 5.41) is 10.9. The number of hydrogen-bond acceptors (Lipinski definition) is 5. The van der Waals surface area contributed by atoms with Gasteiger partial charge in [-0.2, -0.15) is 0 Å². The number of amidine groups is 2. The second-order valence-corrected chi connectivity index (χ2v) is 16.0. The van der Waals surface area contributed by atoms with Gasteiger partial charge in [0.1, 0.15) is 22.7 Å². The number of hydrogen-bond donors (Lipinski definition) is 1. The summed E-state index contributed by atoms with van der Waals surface area (Å²) in [6.07, 6.45) is 5.24. The maximum atomic E-state index is 6.68. The molecule has 0 amide bonds. The molecule has 0 spiro atoms. The first kappa shape index (κ1) is 32.2. The van der Waals surface area contributed by atoms with Gasteiger partial charge in [0, 0.05) is 53.2 Å². The van der Waals surface area contributed by atoms with E-state index in [9.17, 15) is 0 Å². The number of rotatable bonds is 5. The zero-order chi connectivity index (χ0) is 37.5. The van der Waals surface area contributed by atoms with Crippen LogP contribution in [0.3, 0.4) is 0 Å². The van der Waals surface area contributed by atoms with E-state index in [1.54, 1.807) is 0 Å². The fourth-order valence-corrected chi connectivity index (χ4v) is 9.95. The summed E-state index contributed by atoms with van der Waals surface area (Å²) in [5.74, 6) is 1.84. The van der Waals surface area contributed by atoms with Crippen molar-refractivity contribution in [3.63, 3.8) is 0 Å². The van der Waals surface area contributed by atoms with Crippen molar-refractivity contribution in [2.75, 3.05) is 0 Å². The van der Waals surface area contributed by atoms with Crippen molar-refractivity contribution >= 4 is 88.1 Å². The highest BCUT2D eigenvalue weighted by Gasteiger charge is 2.23. The van der Waals surface area contributed by atoms with Crippen LogP contribution in [0.2, 0.25) is 0 Å². The standard InChI is InChI=1S/C51H34N4OS/c1-3-12-31(13-4-1)49-52-50(32-14-5-2-6-15-32)54-51(53-49)35-24-27-47-40(29-35)39-28-33(23-26-46(39)57-47)34-22-25-38-45(30-34)56-44-21-11-20-43(48(38)44)55-41-18-9-7-16-36(41)37-17-8-10-19-42(37)55/h1-21,23-30,34,51H,22H2,(H,52,53,54). The molecular weight excluding hydrogens is 717 g/mol. The van der Waals surface area contributed by atoms with Gasteiger partial charge < -0.3 is 14.3 Å². The van der Waals surface area contributed by atoms with Gasteiger partial charge in [-0.15, -0.1) is 11.3 Å². The quantitative estimate of drug-likeness (QED) is 0.190. The van der Waals surface area contributed by atoms with Gasteiger partial charge in [0.05, 0.1) is 22.1 Å². The third-order valence-corrected chi connectivity index (χ3v) is 12.7. The zero-order valence-corrected chi connectivity index (χ0v) is 31.6. The summed E-state index contributed by atoms with van der Waals surface area (Å²) in [6.45, 7) is 0. The fraction of sp³-hybridized carbons (Fsp3) is 0.0588. The van der Waals surface area contributed by atoms with E-state index in [0.29, 0.717) is 0 Å². The maximum absolute atomic E-state index is 6.68. The molecule has 1 N–H and O–H groups in total. The SMILES string of the molecule is C1=c2oc3cccc(-n4c5ccccc5c5ccccc54)c3c2=CCC1c1ccc2sc3ccc(C4N=C(c5ccccc5)NC(c5ccccc5)=N4)cc3c2c1. The second-order valence-electron chi connectivity index (χ2n) is 14.9. The van der Waals surface area contributed by atoms with E-state index in [-0.39, 0.29) is 12.1 Å². The van der Waals surface area contributed by atoms with Gasteiger partial charge in [-0.3, -0.25) is 0 Å². The molecule has 0 saturated carbocycles. The van der Waals surface area contributed by atoms with E-state index >= 15 is 0 Å². The van der Waals surface area contributed by atoms with Gasteiger partial charge in [0.25, 0.3) is 0 Å². The van der Waals surface area contributed by atoms with Crippen LogP contribution in [0, 0.1) is 0 Å². The van der Waals surface area contributed by atoms with Gasteiger partial charge in [0.2, 0.25) is 0 Å². The largest absolute Gasteiger partial charge is 0.456 e. The number of aliphatic imine (C=N–C) groups is 2. The minimum absolute atomic E-state index is 0.192. The molecule has 1 aliphatic heterocycles. The van der Waals surface area contributed by atoms with Crippen molar-refractivity contribution in [3.05, 3.63) is 197 Å². The Morgan fingerprint density at radius 3 is 1.84 bits per heavy atom. The van der Waals surface area contributed by atoms with Crippen molar-refractivity contribution in [2.24, 2.45) is 9.98 Å². The molecule has 12 rings (SSSR count). The minimum atomic E-state index is -0.376. The number of benzene rings is 7. The fourth-order valence-electron chi connectivity index (χ4n) is 8.88. The number of para-hydroxylation sites is 2. The first-order valence-corrected chi connectivity index (χ1v) is 20.3. The van der Waals surface area contributed by atoms with Crippen LogP contribution in [-0.4, -0.2) is 16.2 Å². The molecule has 2 aliphatic rings. The van der Waals surface area contributed by atoms with Gasteiger partial charge in [-0.25, -0.2) is 9.98 Å². The number of furan rings is 1. The first-order valence-electron chi connectivity index (χ1n) is 19.5. The monoisotopic (exact) mass is 750 g/mol. The smallest absolute Gasteiger partial charge is 0.169 e. The molecule has 6 heteroatoms. The molecule has 0 bridgehead atoms. The summed E-state index contributed by atoms with van der Waals surface area (Å²) in [6, 6.07) is 58.1. The molecule has 10 aromatic rings. The highest BCUT2D eigenvalue weighted by molar-refractivity contribution is 7.25. The summed E-state index contributed by atoms with van der Waals surface area (Å²) in [7, 11) is 0.